The largest absolute Gasteiger partial charge is 0.340 e. The molecule has 18 heavy (non-hydrogen) atoms. The maximum absolute atomic E-state index is 12.1. The monoisotopic (exact) mass is 267 g/mol. The number of hydrogen-bond acceptors (Lipinski definition) is 4. The highest BCUT2D eigenvalue weighted by Crippen LogP contribution is 2.09. The molecule has 1 N–H and O–H groups in total. The summed E-state index contributed by atoms with van der Waals surface area (Å²) in [5, 5.41) is 7.53. The Morgan fingerprint density at radius 3 is 3.17 bits per heavy atom. The second kappa shape index (κ2) is 6.31. The molecule has 1 saturated heterocycles. The Bertz CT molecular complexity index is 380. The Hall–Kier alpha value is -0.910. The van der Waals surface area contributed by atoms with Gasteiger partial charge in [0.1, 0.15) is 0 Å². The van der Waals surface area contributed by atoms with E-state index in [1.54, 1.807) is 11.3 Å². The summed E-state index contributed by atoms with van der Waals surface area (Å²) in [4.78, 5) is 16.2. The van der Waals surface area contributed by atoms with Crippen molar-refractivity contribution in [1.82, 2.24) is 15.1 Å². The van der Waals surface area contributed by atoms with Crippen LogP contribution >= 0.6 is 11.3 Å². The topological polar surface area (TPSA) is 35.6 Å². The highest BCUT2D eigenvalue weighted by Gasteiger charge is 2.19. The zero-order valence-electron chi connectivity index (χ0n) is 11.1. The van der Waals surface area contributed by atoms with Crippen LogP contribution in [-0.2, 0) is 11.3 Å². The summed E-state index contributed by atoms with van der Waals surface area (Å²) < 4.78 is 0. The second-order valence-electron chi connectivity index (χ2n) is 4.97. The van der Waals surface area contributed by atoms with Crippen molar-refractivity contribution in [3.63, 3.8) is 0 Å². The van der Waals surface area contributed by atoms with Crippen molar-refractivity contribution in [2.24, 2.45) is 0 Å². The van der Waals surface area contributed by atoms with Gasteiger partial charge in [0.15, 0.2) is 0 Å². The maximum atomic E-state index is 12.1. The van der Waals surface area contributed by atoms with Crippen molar-refractivity contribution in [2.75, 3.05) is 33.2 Å². The third-order valence-corrected chi connectivity index (χ3v) is 3.97. The number of nitrogens with zero attached hydrogens (tertiary/aromatic N) is 2. The van der Waals surface area contributed by atoms with Crippen molar-refractivity contribution >= 4 is 17.2 Å². The van der Waals surface area contributed by atoms with E-state index in [0.29, 0.717) is 19.1 Å². The van der Waals surface area contributed by atoms with Gasteiger partial charge in [-0.05, 0) is 29.3 Å². The van der Waals surface area contributed by atoms with Crippen LogP contribution in [-0.4, -0.2) is 55.0 Å². The average molecular weight is 267 g/mol. The van der Waals surface area contributed by atoms with E-state index in [1.165, 1.54) is 5.56 Å². The zero-order valence-corrected chi connectivity index (χ0v) is 11.9. The summed E-state index contributed by atoms with van der Waals surface area (Å²) in [6.45, 7) is 6.30. The number of rotatable bonds is 4. The molecule has 2 rings (SSSR count). The molecule has 1 amide bonds. The molecule has 1 atom stereocenters. The number of nitrogens with one attached hydrogen (secondary N) is 1. The van der Waals surface area contributed by atoms with E-state index in [0.717, 1.165) is 19.6 Å². The van der Waals surface area contributed by atoms with E-state index >= 15 is 0 Å². The zero-order chi connectivity index (χ0) is 13.0. The third kappa shape index (κ3) is 3.80. The normalized spacial score (nSPS) is 20.9. The Morgan fingerprint density at radius 1 is 1.67 bits per heavy atom. The molecule has 1 aliphatic rings. The first-order chi connectivity index (χ1) is 8.65. The number of hydrogen-bond donors (Lipinski definition) is 1. The molecule has 0 spiro atoms. The van der Waals surface area contributed by atoms with Gasteiger partial charge < -0.3 is 10.2 Å². The van der Waals surface area contributed by atoms with Crippen LogP contribution in [0.3, 0.4) is 0 Å². The fourth-order valence-corrected chi connectivity index (χ4v) is 2.87. The van der Waals surface area contributed by atoms with Crippen molar-refractivity contribution in [1.29, 1.82) is 0 Å². The number of carbonyl (C=O) groups is 1. The Labute approximate surface area is 113 Å². The third-order valence-electron chi connectivity index (χ3n) is 3.24. The van der Waals surface area contributed by atoms with Crippen LogP contribution in [0.1, 0.15) is 12.5 Å². The lowest BCUT2D eigenvalue weighted by atomic mass is 10.2. The van der Waals surface area contributed by atoms with Crippen molar-refractivity contribution in [2.45, 2.75) is 19.5 Å². The van der Waals surface area contributed by atoms with Crippen LogP contribution in [0.4, 0.5) is 0 Å². The van der Waals surface area contributed by atoms with E-state index in [1.807, 2.05) is 17.3 Å². The fourth-order valence-electron chi connectivity index (χ4n) is 2.21. The molecular weight excluding hydrogens is 246 g/mol. The standard InChI is InChI=1S/C13H21N3OS/c1-11-7-16(5-4-14-11)9-13(17)15(2)8-12-3-6-18-10-12/h3,6,10-11,14H,4-5,7-9H2,1-2H3. The van der Waals surface area contributed by atoms with Crippen LogP contribution in [0.25, 0.3) is 0 Å². The summed E-state index contributed by atoms with van der Waals surface area (Å²) in [5.41, 5.74) is 1.21. The summed E-state index contributed by atoms with van der Waals surface area (Å²) in [6, 6.07) is 2.55. The number of amides is 1. The quantitative estimate of drug-likeness (QED) is 0.884. The lowest BCUT2D eigenvalue weighted by Crippen LogP contribution is -2.51. The first kappa shape index (κ1) is 13.5. The highest BCUT2D eigenvalue weighted by molar-refractivity contribution is 7.07. The van der Waals surface area contributed by atoms with Gasteiger partial charge in [0.25, 0.3) is 0 Å². The van der Waals surface area contributed by atoms with Gasteiger partial charge >= 0.3 is 0 Å². The molecule has 1 aromatic heterocycles. The summed E-state index contributed by atoms with van der Waals surface area (Å²) in [5.74, 6) is 0.204. The SMILES string of the molecule is CC1CN(CC(=O)N(C)Cc2ccsc2)CCN1. The van der Waals surface area contributed by atoms with Gasteiger partial charge in [-0.25, -0.2) is 0 Å². The minimum absolute atomic E-state index is 0.204. The van der Waals surface area contributed by atoms with Crippen LogP contribution in [0.2, 0.25) is 0 Å². The number of carbonyl (C=O) groups excluding carboxylic acids is 1. The lowest BCUT2D eigenvalue weighted by Gasteiger charge is -2.32. The molecular formula is C13H21N3OS. The lowest BCUT2D eigenvalue weighted by molar-refractivity contribution is -0.131. The molecule has 0 aliphatic carbocycles. The molecule has 0 saturated carbocycles. The van der Waals surface area contributed by atoms with Crippen LogP contribution < -0.4 is 5.32 Å². The van der Waals surface area contributed by atoms with E-state index in [2.05, 4.69) is 28.6 Å². The van der Waals surface area contributed by atoms with Gasteiger partial charge in [0.2, 0.25) is 5.91 Å². The highest BCUT2D eigenvalue weighted by atomic mass is 32.1. The molecule has 100 valence electrons. The van der Waals surface area contributed by atoms with Crippen LogP contribution in [0.5, 0.6) is 0 Å². The molecule has 2 heterocycles. The predicted molar refractivity (Wildman–Crippen MR) is 74.7 cm³/mol. The molecule has 1 aliphatic heterocycles. The molecule has 1 fully saturated rings. The van der Waals surface area contributed by atoms with Gasteiger partial charge in [-0.1, -0.05) is 0 Å². The van der Waals surface area contributed by atoms with E-state index < -0.39 is 0 Å². The van der Waals surface area contributed by atoms with Crippen molar-refractivity contribution < 1.29 is 4.79 Å². The number of thiophene rings is 1. The summed E-state index contributed by atoms with van der Waals surface area (Å²) in [7, 11) is 1.88. The first-order valence-corrected chi connectivity index (χ1v) is 7.30. The van der Waals surface area contributed by atoms with E-state index in [-0.39, 0.29) is 5.91 Å². The molecule has 5 heteroatoms. The van der Waals surface area contributed by atoms with Crippen molar-refractivity contribution in [3.8, 4) is 0 Å². The van der Waals surface area contributed by atoms with Gasteiger partial charge in [0.05, 0.1) is 6.54 Å². The van der Waals surface area contributed by atoms with Crippen molar-refractivity contribution in [3.05, 3.63) is 22.4 Å². The minimum Gasteiger partial charge on any atom is -0.340 e. The minimum atomic E-state index is 0.204. The van der Waals surface area contributed by atoms with Crippen LogP contribution in [0.15, 0.2) is 16.8 Å². The molecule has 0 aromatic carbocycles. The number of piperazine rings is 1. The van der Waals surface area contributed by atoms with E-state index in [9.17, 15) is 4.79 Å². The van der Waals surface area contributed by atoms with Gasteiger partial charge in [-0.15, -0.1) is 0 Å². The Morgan fingerprint density at radius 2 is 2.50 bits per heavy atom. The molecule has 0 bridgehead atoms. The smallest absolute Gasteiger partial charge is 0.236 e. The number of likely N-dealkylation sites (N-methyl/N-ethyl adjacent to an activating group) is 1. The predicted octanol–water partition coefficient (Wildman–Crippen LogP) is 1.00. The van der Waals surface area contributed by atoms with Crippen LogP contribution in [0, 0.1) is 0 Å². The fraction of sp³-hybridized carbons (Fsp3) is 0.615. The molecule has 4 nitrogen and oxygen atoms in total. The van der Waals surface area contributed by atoms with Gasteiger partial charge in [-0.2, -0.15) is 11.3 Å². The van der Waals surface area contributed by atoms with E-state index in [4.69, 9.17) is 0 Å². The molecule has 1 unspecified atom stereocenters. The Kier molecular flexibility index (Phi) is 4.74. The first-order valence-electron chi connectivity index (χ1n) is 6.36. The summed E-state index contributed by atoms with van der Waals surface area (Å²) >= 11 is 1.67. The summed E-state index contributed by atoms with van der Waals surface area (Å²) in [6.07, 6.45) is 0. The Balaban J connectivity index is 1.79. The van der Waals surface area contributed by atoms with Gasteiger partial charge in [-0.3, -0.25) is 9.69 Å². The average Bonchev–Trinajstić information content (AvgIpc) is 2.81. The second-order valence-corrected chi connectivity index (χ2v) is 5.75. The molecule has 0 radical (unpaired) electrons. The molecule has 1 aromatic rings. The van der Waals surface area contributed by atoms with Gasteiger partial charge in [0, 0.05) is 39.3 Å². The maximum Gasteiger partial charge on any atom is 0.236 e.